The molecular weight excluding hydrogens is 200 g/mol. The van der Waals surface area contributed by atoms with Crippen molar-refractivity contribution in [2.24, 2.45) is 11.3 Å². The lowest BCUT2D eigenvalue weighted by Crippen LogP contribution is -2.44. The SMILES string of the molecule is CNCCC1CCN(C(=O)C(C)(C)C)CC1. The van der Waals surface area contributed by atoms with E-state index in [1.807, 2.05) is 32.7 Å². The Morgan fingerprint density at radius 1 is 1.31 bits per heavy atom. The fourth-order valence-corrected chi connectivity index (χ4v) is 2.25. The highest BCUT2D eigenvalue weighted by Gasteiger charge is 2.29. The van der Waals surface area contributed by atoms with E-state index in [4.69, 9.17) is 0 Å². The van der Waals surface area contributed by atoms with E-state index in [1.165, 1.54) is 19.3 Å². The summed E-state index contributed by atoms with van der Waals surface area (Å²) < 4.78 is 0. The summed E-state index contributed by atoms with van der Waals surface area (Å²) in [6.07, 6.45) is 3.58. The molecule has 3 nitrogen and oxygen atoms in total. The third-order valence-corrected chi connectivity index (χ3v) is 3.35. The molecule has 1 fully saturated rings. The van der Waals surface area contributed by atoms with Gasteiger partial charge in [-0.15, -0.1) is 0 Å². The molecule has 94 valence electrons. The van der Waals surface area contributed by atoms with E-state index in [9.17, 15) is 4.79 Å². The number of piperidine rings is 1. The molecule has 1 rings (SSSR count). The zero-order chi connectivity index (χ0) is 12.2. The predicted octanol–water partition coefficient (Wildman–Crippen LogP) is 1.88. The normalized spacial score (nSPS) is 18.9. The molecule has 0 radical (unpaired) electrons. The van der Waals surface area contributed by atoms with Crippen molar-refractivity contribution in [2.45, 2.75) is 40.0 Å². The third-order valence-electron chi connectivity index (χ3n) is 3.35. The van der Waals surface area contributed by atoms with Gasteiger partial charge in [0.15, 0.2) is 0 Å². The molecule has 0 unspecified atom stereocenters. The van der Waals surface area contributed by atoms with Gasteiger partial charge in [0.25, 0.3) is 0 Å². The van der Waals surface area contributed by atoms with Gasteiger partial charge in [0.05, 0.1) is 0 Å². The Labute approximate surface area is 99.6 Å². The van der Waals surface area contributed by atoms with Gasteiger partial charge in [0.1, 0.15) is 0 Å². The van der Waals surface area contributed by atoms with Crippen LogP contribution in [0.1, 0.15) is 40.0 Å². The molecule has 1 N–H and O–H groups in total. The molecule has 0 aromatic carbocycles. The van der Waals surface area contributed by atoms with Crippen molar-refractivity contribution in [1.29, 1.82) is 0 Å². The van der Waals surface area contributed by atoms with E-state index in [2.05, 4.69) is 5.32 Å². The fourth-order valence-electron chi connectivity index (χ4n) is 2.25. The molecule has 1 saturated heterocycles. The number of amides is 1. The number of hydrogen-bond acceptors (Lipinski definition) is 2. The standard InChI is InChI=1S/C13H26N2O/c1-13(2,3)12(16)15-9-6-11(7-10-15)5-8-14-4/h11,14H,5-10H2,1-4H3. The quantitative estimate of drug-likeness (QED) is 0.797. The molecule has 0 bridgehead atoms. The van der Waals surface area contributed by atoms with Gasteiger partial charge in [-0.05, 0) is 38.8 Å². The lowest BCUT2D eigenvalue weighted by atomic mass is 9.90. The molecule has 16 heavy (non-hydrogen) atoms. The van der Waals surface area contributed by atoms with Crippen LogP contribution < -0.4 is 5.32 Å². The molecule has 1 aliphatic rings. The van der Waals surface area contributed by atoms with E-state index < -0.39 is 0 Å². The number of nitrogens with one attached hydrogen (secondary N) is 1. The van der Waals surface area contributed by atoms with Crippen LogP contribution in [0.15, 0.2) is 0 Å². The van der Waals surface area contributed by atoms with Crippen molar-refractivity contribution in [3.05, 3.63) is 0 Å². The minimum Gasteiger partial charge on any atom is -0.342 e. The van der Waals surface area contributed by atoms with Crippen LogP contribution in [-0.2, 0) is 4.79 Å². The maximum Gasteiger partial charge on any atom is 0.227 e. The molecule has 0 atom stereocenters. The van der Waals surface area contributed by atoms with E-state index in [1.54, 1.807) is 0 Å². The Kier molecular flexibility index (Phi) is 4.78. The minimum atomic E-state index is -0.224. The Bertz CT molecular complexity index is 225. The maximum atomic E-state index is 12.1. The van der Waals surface area contributed by atoms with Crippen LogP contribution in [0.25, 0.3) is 0 Å². The monoisotopic (exact) mass is 226 g/mol. The zero-order valence-electron chi connectivity index (χ0n) is 11.2. The summed E-state index contributed by atoms with van der Waals surface area (Å²) in [5.74, 6) is 1.11. The van der Waals surface area contributed by atoms with Crippen LogP contribution in [0.5, 0.6) is 0 Å². The summed E-state index contributed by atoms with van der Waals surface area (Å²) in [5.41, 5.74) is -0.224. The van der Waals surface area contributed by atoms with Crippen molar-refractivity contribution in [1.82, 2.24) is 10.2 Å². The number of carbonyl (C=O) groups excluding carboxylic acids is 1. The van der Waals surface area contributed by atoms with Gasteiger partial charge >= 0.3 is 0 Å². The maximum absolute atomic E-state index is 12.1. The van der Waals surface area contributed by atoms with Crippen molar-refractivity contribution in [3.63, 3.8) is 0 Å². The lowest BCUT2D eigenvalue weighted by molar-refractivity contribution is -0.140. The molecule has 3 heteroatoms. The molecule has 1 heterocycles. The second-order valence-electron chi connectivity index (χ2n) is 5.88. The molecule has 1 amide bonds. The van der Waals surface area contributed by atoms with Gasteiger partial charge in [0.2, 0.25) is 5.91 Å². The summed E-state index contributed by atoms with van der Waals surface area (Å²) >= 11 is 0. The van der Waals surface area contributed by atoms with Crippen LogP contribution >= 0.6 is 0 Å². The highest BCUT2D eigenvalue weighted by Crippen LogP contribution is 2.24. The van der Waals surface area contributed by atoms with Gasteiger partial charge in [-0.25, -0.2) is 0 Å². The average Bonchev–Trinajstić information content (AvgIpc) is 2.25. The van der Waals surface area contributed by atoms with E-state index >= 15 is 0 Å². The molecule has 0 saturated carbocycles. The first-order valence-electron chi connectivity index (χ1n) is 6.39. The summed E-state index contributed by atoms with van der Waals surface area (Å²) in [7, 11) is 2.00. The number of hydrogen-bond donors (Lipinski definition) is 1. The average molecular weight is 226 g/mol. The molecule has 0 aromatic heterocycles. The molecule has 0 spiro atoms. The zero-order valence-corrected chi connectivity index (χ0v) is 11.2. The first-order chi connectivity index (χ1) is 7.45. The van der Waals surface area contributed by atoms with Crippen LogP contribution in [0.3, 0.4) is 0 Å². The van der Waals surface area contributed by atoms with Gasteiger partial charge in [0, 0.05) is 18.5 Å². The second-order valence-corrected chi connectivity index (χ2v) is 5.88. The summed E-state index contributed by atoms with van der Waals surface area (Å²) in [4.78, 5) is 14.1. The number of nitrogens with zero attached hydrogens (tertiary/aromatic N) is 1. The van der Waals surface area contributed by atoms with Crippen molar-refractivity contribution < 1.29 is 4.79 Å². The van der Waals surface area contributed by atoms with Crippen molar-refractivity contribution in [2.75, 3.05) is 26.7 Å². The number of rotatable bonds is 3. The number of carbonyl (C=O) groups is 1. The highest BCUT2D eigenvalue weighted by molar-refractivity contribution is 5.81. The fraction of sp³-hybridized carbons (Fsp3) is 0.923. The summed E-state index contributed by atoms with van der Waals surface area (Å²) in [6, 6.07) is 0. The van der Waals surface area contributed by atoms with Crippen LogP contribution in [-0.4, -0.2) is 37.5 Å². The second kappa shape index (κ2) is 5.67. The minimum absolute atomic E-state index is 0.224. The third kappa shape index (κ3) is 3.78. The summed E-state index contributed by atoms with van der Waals surface area (Å²) in [5, 5.41) is 3.19. The molecule has 0 aliphatic carbocycles. The first kappa shape index (κ1) is 13.5. The Hall–Kier alpha value is -0.570. The van der Waals surface area contributed by atoms with Crippen molar-refractivity contribution in [3.8, 4) is 0 Å². The van der Waals surface area contributed by atoms with Gasteiger partial charge in [-0.3, -0.25) is 4.79 Å². The smallest absolute Gasteiger partial charge is 0.227 e. The largest absolute Gasteiger partial charge is 0.342 e. The Balaban J connectivity index is 2.34. The topological polar surface area (TPSA) is 32.3 Å². The summed E-state index contributed by atoms with van der Waals surface area (Å²) in [6.45, 7) is 9.00. The predicted molar refractivity (Wildman–Crippen MR) is 67.3 cm³/mol. The van der Waals surface area contributed by atoms with Gasteiger partial charge in [-0.2, -0.15) is 0 Å². The van der Waals surface area contributed by atoms with Gasteiger partial charge in [-0.1, -0.05) is 20.8 Å². The molecular formula is C13H26N2O. The highest BCUT2D eigenvalue weighted by atomic mass is 16.2. The Morgan fingerprint density at radius 3 is 2.31 bits per heavy atom. The molecule has 0 aromatic rings. The van der Waals surface area contributed by atoms with Crippen LogP contribution in [0.2, 0.25) is 0 Å². The van der Waals surface area contributed by atoms with E-state index in [-0.39, 0.29) is 5.41 Å². The van der Waals surface area contributed by atoms with E-state index in [0.717, 1.165) is 25.6 Å². The van der Waals surface area contributed by atoms with Crippen LogP contribution in [0, 0.1) is 11.3 Å². The van der Waals surface area contributed by atoms with Gasteiger partial charge < -0.3 is 10.2 Å². The lowest BCUT2D eigenvalue weighted by Gasteiger charge is -2.35. The molecule has 1 aliphatic heterocycles. The van der Waals surface area contributed by atoms with Crippen LogP contribution in [0.4, 0.5) is 0 Å². The van der Waals surface area contributed by atoms with E-state index in [0.29, 0.717) is 5.91 Å². The van der Waals surface area contributed by atoms with Crippen molar-refractivity contribution >= 4 is 5.91 Å². The first-order valence-corrected chi connectivity index (χ1v) is 6.39. The Morgan fingerprint density at radius 2 is 1.88 bits per heavy atom. The number of likely N-dealkylation sites (tertiary alicyclic amines) is 1.